The lowest BCUT2D eigenvalue weighted by molar-refractivity contribution is -0.379. The van der Waals surface area contributed by atoms with Gasteiger partial charge in [0, 0.05) is 6.42 Å². The molecule has 0 saturated carbocycles. The van der Waals surface area contributed by atoms with Crippen LogP contribution < -0.4 is 5.32 Å². The number of hydrogen-bond acceptors (Lipinski definition) is 18. The molecular formula is C74H127NO18. The number of aliphatic hydroxyl groups excluding tert-OH is 11. The standard InChI is InChI=1S/C74H127NO18/c1-3-5-7-9-11-13-15-17-19-20-21-22-23-24-25-26-27-28-29-30-31-32-33-34-35-36-38-40-42-44-46-48-50-52-62(80)75-57(58(79)51-49-47-45-43-41-39-37-18-16-14-12-10-8-6-4-2)56-88-72-68(86)65(83)70(60(54-77)90-72)93-74-69(87)66(84)71(61(55-78)91-74)92-73-67(85)64(82)63(81)59(53-76)89-73/h5,7,11,13,17,19,21-22,24-25,27-28,30-31,49,51,57-61,63-74,76-79,81-87H,3-4,6,8-10,12,14-16,18,20,23,26,29,32-48,50,52-56H2,1-2H3,(H,75,80)/b7-5-,13-11-,19-17-,22-21-,25-24-,28-27-,31-30-,51-49+. The third-order valence-electron chi connectivity index (χ3n) is 17.4. The highest BCUT2D eigenvalue weighted by atomic mass is 16.8. The van der Waals surface area contributed by atoms with Gasteiger partial charge in [-0.05, 0) is 77.0 Å². The van der Waals surface area contributed by atoms with Crippen LogP contribution in [0, 0.1) is 0 Å². The predicted molar refractivity (Wildman–Crippen MR) is 364 cm³/mol. The fraction of sp³-hybridized carbons (Fsp3) is 0.770. The molecule has 12 N–H and O–H groups in total. The molecular weight excluding hydrogens is 1190 g/mol. The van der Waals surface area contributed by atoms with Gasteiger partial charge in [-0.25, -0.2) is 0 Å². The van der Waals surface area contributed by atoms with Crippen LogP contribution in [-0.2, 0) is 33.2 Å². The molecule has 3 fully saturated rings. The molecule has 17 atom stereocenters. The molecule has 3 rings (SSSR count). The molecule has 0 aromatic heterocycles. The van der Waals surface area contributed by atoms with Crippen molar-refractivity contribution in [3.63, 3.8) is 0 Å². The number of ether oxygens (including phenoxy) is 6. The number of nitrogens with one attached hydrogen (secondary N) is 1. The van der Waals surface area contributed by atoms with Gasteiger partial charge in [-0.2, -0.15) is 0 Å². The van der Waals surface area contributed by atoms with Crippen LogP contribution in [0.4, 0.5) is 0 Å². The van der Waals surface area contributed by atoms with E-state index in [9.17, 15) is 61.0 Å². The summed E-state index contributed by atoms with van der Waals surface area (Å²) in [6.45, 7) is 1.61. The highest BCUT2D eigenvalue weighted by Crippen LogP contribution is 2.33. The third kappa shape index (κ3) is 36.2. The summed E-state index contributed by atoms with van der Waals surface area (Å²) in [6, 6.07) is -0.980. The first-order valence-corrected chi connectivity index (χ1v) is 36.0. The molecule has 3 aliphatic rings. The van der Waals surface area contributed by atoms with Gasteiger partial charge < -0.3 is 89.9 Å². The van der Waals surface area contributed by atoms with Crippen molar-refractivity contribution in [2.75, 3.05) is 26.4 Å². The van der Waals surface area contributed by atoms with Gasteiger partial charge in [0.1, 0.15) is 73.2 Å². The normalized spacial score (nSPS) is 28.1. The summed E-state index contributed by atoms with van der Waals surface area (Å²) in [5, 5.41) is 121. The number of amides is 1. The molecule has 19 heteroatoms. The second-order valence-electron chi connectivity index (χ2n) is 25.3. The van der Waals surface area contributed by atoms with Crippen LogP contribution in [0.15, 0.2) is 97.2 Å². The number of carbonyl (C=O) groups excluding carboxylic acids is 1. The van der Waals surface area contributed by atoms with Gasteiger partial charge in [-0.15, -0.1) is 0 Å². The van der Waals surface area contributed by atoms with Crippen molar-refractivity contribution >= 4 is 5.91 Å². The molecule has 0 spiro atoms. The van der Waals surface area contributed by atoms with Crippen LogP contribution in [0.2, 0.25) is 0 Å². The molecule has 0 aromatic carbocycles. The highest BCUT2D eigenvalue weighted by Gasteiger charge is 2.53. The van der Waals surface area contributed by atoms with Crippen molar-refractivity contribution in [3.8, 4) is 0 Å². The first-order valence-electron chi connectivity index (χ1n) is 36.0. The summed E-state index contributed by atoms with van der Waals surface area (Å²) >= 11 is 0. The minimum Gasteiger partial charge on any atom is -0.394 e. The smallest absolute Gasteiger partial charge is 0.220 e. The Morgan fingerprint density at radius 1 is 0.398 bits per heavy atom. The Morgan fingerprint density at radius 2 is 0.742 bits per heavy atom. The van der Waals surface area contributed by atoms with Crippen molar-refractivity contribution in [1.82, 2.24) is 5.32 Å². The fourth-order valence-corrected chi connectivity index (χ4v) is 11.6. The Kier molecular flexibility index (Phi) is 49.4. The van der Waals surface area contributed by atoms with Gasteiger partial charge in [0.2, 0.25) is 5.91 Å². The van der Waals surface area contributed by atoms with Crippen LogP contribution >= 0.6 is 0 Å². The summed E-state index contributed by atoms with van der Waals surface area (Å²) in [7, 11) is 0. The maximum absolute atomic E-state index is 13.4. The molecule has 1 amide bonds. The minimum absolute atomic E-state index is 0.234. The van der Waals surface area contributed by atoms with E-state index in [1.54, 1.807) is 6.08 Å². The van der Waals surface area contributed by atoms with Crippen molar-refractivity contribution in [2.24, 2.45) is 0 Å². The Balaban J connectivity index is 1.38. The second kappa shape index (κ2) is 54.7. The molecule has 0 radical (unpaired) electrons. The lowest BCUT2D eigenvalue weighted by Gasteiger charge is -2.48. The highest BCUT2D eigenvalue weighted by molar-refractivity contribution is 5.76. The van der Waals surface area contributed by atoms with E-state index in [0.29, 0.717) is 6.42 Å². The Morgan fingerprint density at radius 3 is 1.16 bits per heavy atom. The quantitative estimate of drug-likeness (QED) is 0.0199. The molecule has 3 heterocycles. The van der Waals surface area contributed by atoms with Gasteiger partial charge in [0.15, 0.2) is 18.9 Å². The zero-order valence-corrected chi connectivity index (χ0v) is 56.7. The van der Waals surface area contributed by atoms with E-state index < -0.39 is 124 Å². The number of allylic oxidation sites excluding steroid dienone is 15. The fourth-order valence-electron chi connectivity index (χ4n) is 11.6. The average molecular weight is 1320 g/mol. The van der Waals surface area contributed by atoms with Crippen LogP contribution in [0.5, 0.6) is 0 Å². The van der Waals surface area contributed by atoms with Gasteiger partial charge in [0.25, 0.3) is 0 Å². The van der Waals surface area contributed by atoms with E-state index >= 15 is 0 Å². The summed E-state index contributed by atoms with van der Waals surface area (Å²) in [6.07, 6.45) is 45.2. The Bertz CT molecular complexity index is 2060. The van der Waals surface area contributed by atoms with Crippen LogP contribution in [0.25, 0.3) is 0 Å². The molecule has 19 nitrogen and oxygen atoms in total. The monoisotopic (exact) mass is 1320 g/mol. The third-order valence-corrected chi connectivity index (χ3v) is 17.4. The SMILES string of the molecule is CC/C=C\C/C=C\C/C=C\C/C=C\C/C=C\C/C=C\C/C=C\CCCCCCCCCCCCCC(=O)NC(COC1OC(CO)C(OC2OC(CO)C(OC3OC(CO)C(O)C(O)C3O)C(O)C2O)C(O)C1O)C(O)/C=C/CCCCCCCCCCCCCCC. The van der Waals surface area contributed by atoms with Crippen molar-refractivity contribution < 1.29 is 89.4 Å². The molecule has 0 bridgehead atoms. The first kappa shape index (κ1) is 83.9. The summed E-state index contributed by atoms with van der Waals surface area (Å²) in [5.41, 5.74) is 0. The zero-order valence-electron chi connectivity index (χ0n) is 56.7. The van der Waals surface area contributed by atoms with E-state index in [1.165, 1.54) is 103 Å². The van der Waals surface area contributed by atoms with E-state index in [4.69, 9.17) is 28.4 Å². The van der Waals surface area contributed by atoms with Gasteiger partial charge in [0.05, 0.1) is 38.6 Å². The Labute approximate surface area is 558 Å². The maximum atomic E-state index is 13.4. The maximum Gasteiger partial charge on any atom is 0.220 e. The average Bonchev–Trinajstić information content (AvgIpc) is 0.902. The molecule has 3 aliphatic heterocycles. The number of aliphatic hydroxyl groups is 11. The van der Waals surface area contributed by atoms with E-state index in [2.05, 4.69) is 104 Å². The summed E-state index contributed by atoms with van der Waals surface area (Å²) < 4.78 is 34.3. The molecule has 0 aromatic rings. The molecule has 0 aliphatic carbocycles. The molecule has 93 heavy (non-hydrogen) atoms. The number of carbonyl (C=O) groups is 1. The van der Waals surface area contributed by atoms with Crippen molar-refractivity contribution in [3.05, 3.63) is 97.2 Å². The van der Waals surface area contributed by atoms with Crippen molar-refractivity contribution in [1.29, 1.82) is 0 Å². The Hall–Kier alpha value is -3.29. The summed E-state index contributed by atoms with van der Waals surface area (Å²) in [5.74, 6) is -0.282. The number of unbranched alkanes of at least 4 members (excludes halogenated alkanes) is 24. The van der Waals surface area contributed by atoms with E-state index in [1.807, 2.05) is 6.08 Å². The zero-order chi connectivity index (χ0) is 67.5. The van der Waals surface area contributed by atoms with Gasteiger partial charge >= 0.3 is 0 Å². The first-order chi connectivity index (χ1) is 45.3. The second-order valence-corrected chi connectivity index (χ2v) is 25.3. The van der Waals surface area contributed by atoms with Gasteiger partial charge in [-0.3, -0.25) is 4.79 Å². The number of hydrogen-bond donors (Lipinski definition) is 12. The number of rotatable bonds is 54. The van der Waals surface area contributed by atoms with Crippen LogP contribution in [0.3, 0.4) is 0 Å². The lowest BCUT2D eigenvalue weighted by Crippen LogP contribution is -2.66. The molecule has 17 unspecified atom stereocenters. The summed E-state index contributed by atoms with van der Waals surface area (Å²) in [4.78, 5) is 13.4. The predicted octanol–water partition coefficient (Wildman–Crippen LogP) is 10.0. The minimum atomic E-state index is -1.98. The van der Waals surface area contributed by atoms with Crippen molar-refractivity contribution in [2.45, 2.75) is 336 Å². The van der Waals surface area contributed by atoms with Crippen LogP contribution in [-0.4, -0.2) is 193 Å². The lowest BCUT2D eigenvalue weighted by atomic mass is 9.96. The van der Waals surface area contributed by atoms with E-state index in [-0.39, 0.29) is 18.9 Å². The topological polar surface area (TPSA) is 307 Å². The largest absolute Gasteiger partial charge is 0.394 e. The molecule has 536 valence electrons. The van der Waals surface area contributed by atoms with E-state index in [0.717, 1.165) is 103 Å². The van der Waals surface area contributed by atoms with Crippen LogP contribution in [0.1, 0.15) is 232 Å². The van der Waals surface area contributed by atoms with Gasteiger partial charge in [-0.1, -0.05) is 246 Å². The molecule has 3 saturated heterocycles.